The molecule has 1 unspecified atom stereocenters. The minimum absolute atomic E-state index is 0.0238. The first-order valence-electron chi connectivity index (χ1n) is 9.17. The van der Waals surface area contributed by atoms with Gasteiger partial charge in [-0.05, 0) is 45.7 Å². The number of Topliss-reactive ketones (excluding diaryl/α,β-unsaturated/α-hetero) is 1. The first-order valence-corrected chi connectivity index (χ1v) is 9.17. The molecule has 2 amide bonds. The second-order valence-electron chi connectivity index (χ2n) is 7.46. The zero-order chi connectivity index (χ0) is 21.9. The zero-order valence-electron chi connectivity index (χ0n) is 16.7. The molecule has 1 atom stereocenters. The molecule has 158 valence electrons. The molecule has 0 aliphatic carbocycles. The molecule has 0 radical (unpaired) electrons. The molecule has 1 aliphatic heterocycles. The number of amides is 2. The Bertz CT molecular complexity index is 831. The minimum Gasteiger partial charge on any atom is -0.466 e. The van der Waals surface area contributed by atoms with Gasteiger partial charge in [0.1, 0.15) is 5.60 Å². The van der Waals surface area contributed by atoms with Gasteiger partial charge < -0.3 is 9.47 Å². The summed E-state index contributed by atoms with van der Waals surface area (Å²) < 4.78 is 35.7. The number of carbonyl (C=O) groups is 4. The number of hydrogen-bond donors (Lipinski definition) is 0. The summed E-state index contributed by atoms with van der Waals surface area (Å²) >= 11 is 0. The van der Waals surface area contributed by atoms with E-state index in [1.807, 2.05) is 0 Å². The number of hydrogen-bond acceptors (Lipinski definition) is 6. The number of nitrogens with zero attached hydrogens (tertiary/aromatic N) is 1. The van der Waals surface area contributed by atoms with Gasteiger partial charge >= 0.3 is 18.0 Å². The molecule has 1 aromatic rings. The van der Waals surface area contributed by atoms with E-state index in [2.05, 4.69) is 0 Å². The summed E-state index contributed by atoms with van der Waals surface area (Å²) in [5.74, 6) is -4.09. The smallest absolute Gasteiger partial charge is 0.422 e. The van der Waals surface area contributed by atoms with Gasteiger partial charge in [0, 0.05) is 6.42 Å². The fourth-order valence-electron chi connectivity index (χ4n) is 3.02. The van der Waals surface area contributed by atoms with Crippen molar-refractivity contribution in [2.75, 3.05) is 11.5 Å². The van der Waals surface area contributed by atoms with Crippen LogP contribution < -0.4 is 4.90 Å². The molecule has 0 spiro atoms. The van der Waals surface area contributed by atoms with Crippen LogP contribution in [0.4, 0.5) is 19.3 Å². The number of fused-ring (bicyclic) bond motifs is 1. The Labute approximate surface area is 166 Å². The maximum atomic E-state index is 12.8. The molecule has 0 saturated carbocycles. The number of ketones is 1. The number of rotatable bonds is 6. The lowest BCUT2D eigenvalue weighted by molar-refractivity contribution is -0.145. The van der Waals surface area contributed by atoms with Gasteiger partial charge in [0.05, 0.1) is 23.8 Å². The maximum absolute atomic E-state index is 12.8. The molecule has 0 saturated heterocycles. The highest BCUT2D eigenvalue weighted by atomic mass is 19.3. The summed E-state index contributed by atoms with van der Waals surface area (Å²) in [4.78, 5) is 50.5. The van der Waals surface area contributed by atoms with E-state index >= 15 is 0 Å². The predicted molar refractivity (Wildman–Crippen MR) is 99.1 cm³/mol. The number of halogens is 2. The van der Waals surface area contributed by atoms with Crippen LogP contribution in [0, 0.1) is 0 Å². The van der Waals surface area contributed by atoms with Crippen molar-refractivity contribution in [1.82, 2.24) is 0 Å². The van der Waals surface area contributed by atoms with Gasteiger partial charge in [-0.3, -0.25) is 14.4 Å². The summed E-state index contributed by atoms with van der Waals surface area (Å²) in [6.45, 7) is 6.40. The van der Waals surface area contributed by atoms with E-state index in [4.69, 9.17) is 9.47 Å². The summed E-state index contributed by atoms with van der Waals surface area (Å²) in [7, 11) is 0. The molecule has 0 N–H and O–H groups in total. The Morgan fingerprint density at radius 1 is 1.14 bits per heavy atom. The van der Waals surface area contributed by atoms with Crippen molar-refractivity contribution < 1.29 is 37.4 Å². The van der Waals surface area contributed by atoms with Gasteiger partial charge in [0.15, 0.2) is 0 Å². The monoisotopic (exact) mass is 411 g/mol. The third-order valence-electron chi connectivity index (χ3n) is 4.14. The summed E-state index contributed by atoms with van der Waals surface area (Å²) in [6, 6.07) is 4.20. The van der Waals surface area contributed by atoms with Crippen molar-refractivity contribution in [3.8, 4) is 0 Å². The lowest BCUT2D eigenvalue weighted by atomic mass is 9.89. The molecule has 1 heterocycles. The van der Waals surface area contributed by atoms with Crippen molar-refractivity contribution >= 4 is 29.4 Å². The third kappa shape index (κ3) is 4.96. The second-order valence-corrected chi connectivity index (χ2v) is 7.46. The molecule has 7 nitrogen and oxygen atoms in total. The van der Waals surface area contributed by atoms with E-state index in [1.165, 1.54) is 18.2 Å². The largest absolute Gasteiger partial charge is 0.466 e. The third-order valence-corrected chi connectivity index (χ3v) is 4.14. The molecule has 0 fully saturated rings. The number of esters is 1. The quantitative estimate of drug-likeness (QED) is 0.522. The van der Waals surface area contributed by atoms with E-state index < -0.39 is 48.1 Å². The van der Waals surface area contributed by atoms with E-state index in [0.717, 1.165) is 0 Å². The first kappa shape index (κ1) is 22.4. The van der Waals surface area contributed by atoms with Crippen molar-refractivity contribution in [1.29, 1.82) is 0 Å². The molecule has 0 aromatic heterocycles. The maximum Gasteiger partial charge on any atom is 0.422 e. The Morgan fingerprint density at radius 3 is 2.34 bits per heavy atom. The zero-order valence-corrected chi connectivity index (χ0v) is 16.7. The lowest BCUT2D eigenvalue weighted by Crippen LogP contribution is -2.40. The highest BCUT2D eigenvalue weighted by Crippen LogP contribution is 2.38. The standard InChI is InChI=1S/C20H23F2NO6/c1-5-28-18(26)12(9-10-14(21)22)11-7-6-8-13-15(11)16(24)17(25)23(13)19(27)29-20(2,3)4/h6-8,12,14H,5,9-10H2,1-4H3. The van der Waals surface area contributed by atoms with Crippen molar-refractivity contribution in [3.63, 3.8) is 0 Å². The summed E-state index contributed by atoms with van der Waals surface area (Å²) in [5.41, 5.74) is -1.05. The fourth-order valence-corrected chi connectivity index (χ4v) is 3.02. The van der Waals surface area contributed by atoms with Gasteiger partial charge in [-0.15, -0.1) is 0 Å². The van der Waals surface area contributed by atoms with E-state index in [1.54, 1.807) is 27.7 Å². The van der Waals surface area contributed by atoms with Crippen LogP contribution in [0.25, 0.3) is 0 Å². The topological polar surface area (TPSA) is 90.0 Å². The normalized spacial score (nSPS) is 14.8. The SMILES string of the molecule is CCOC(=O)C(CCC(F)F)c1cccc2c1C(=O)C(=O)N2C(=O)OC(C)(C)C. The van der Waals surface area contributed by atoms with Crippen LogP contribution in [0.2, 0.25) is 0 Å². The van der Waals surface area contributed by atoms with Gasteiger partial charge in [0.2, 0.25) is 6.43 Å². The Kier molecular flexibility index (Phi) is 6.71. The van der Waals surface area contributed by atoms with Crippen LogP contribution in [-0.2, 0) is 19.1 Å². The van der Waals surface area contributed by atoms with Gasteiger partial charge in [-0.25, -0.2) is 18.5 Å². The average Bonchev–Trinajstić information content (AvgIpc) is 2.85. The van der Waals surface area contributed by atoms with E-state index in [-0.39, 0.29) is 29.8 Å². The molecular formula is C20H23F2NO6. The van der Waals surface area contributed by atoms with Crippen molar-refractivity contribution in [2.45, 2.75) is 58.5 Å². The fraction of sp³-hybridized carbons (Fsp3) is 0.500. The first-order chi connectivity index (χ1) is 13.5. The number of ether oxygens (including phenoxy) is 2. The predicted octanol–water partition coefficient (Wildman–Crippen LogP) is 3.84. The number of carbonyl (C=O) groups excluding carboxylic acids is 4. The van der Waals surface area contributed by atoms with Gasteiger partial charge in [-0.2, -0.15) is 0 Å². The van der Waals surface area contributed by atoms with Crippen molar-refractivity contribution in [3.05, 3.63) is 29.3 Å². The van der Waals surface area contributed by atoms with Crippen LogP contribution in [0.3, 0.4) is 0 Å². The Balaban J connectivity index is 2.51. The molecule has 9 heteroatoms. The van der Waals surface area contributed by atoms with E-state index in [9.17, 15) is 28.0 Å². The number of anilines is 1. The minimum atomic E-state index is -2.65. The summed E-state index contributed by atoms with van der Waals surface area (Å²) in [6.07, 6.45) is -4.56. The van der Waals surface area contributed by atoms with Crippen LogP contribution in [0.5, 0.6) is 0 Å². The van der Waals surface area contributed by atoms with E-state index in [0.29, 0.717) is 4.90 Å². The molecule has 2 rings (SSSR count). The second kappa shape index (κ2) is 8.67. The Morgan fingerprint density at radius 2 is 1.79 bits per heavy atom. The molecule has 0 bridgehead atoms. The Hall–Kier alpha value is -2.84. The number of benzene rings is 1. The molecule has 29 heavy (non-hydrogen) atoms. The van der Waals surface area contributed by atoms with Crippen LogP contribution in [0.1, 0.15) is 62.4 Å². The highest BCUT2D eigenvalue weighted by molar-refractivity contribution is 6.56. The molecule has 1 aliphatic rings. The van der Waals surface area contributed by atoms with Gasteiger partial charge in [-0.1, -0.05) is 12.1 Å². The lowest BCUT2D eigenvalue weighted by Gasteiger charge is -2.23. The van der Waals surface area contributed by atoms with Crippen LogP contribution >= 0.6 is 0 Å². The van der Waals surface area contributed by atoms with Gasteiger partial charge in [0.25, 0.3) is 5.78 Å². The van der Waals surface area contributed by atoms with Crippen LogP contribution in [0.15, 0.2) is 18.2 Å². The van der Waals surface area contributed by atoms with Crippen LogP contribution in [-0.4, -0.2) is 42.4 Å². The average molecular weight is 411 g/mol. The molecule has 1 aromatic carbocycles. The van der Waals surface area contributed by atoms with Crippen molar-refractivity contribution in [2.24, 2.45) is 0 Å². The summed E-state index contributed by atoms with van der Waals surface area (Å²) in [5, 5.41) is 0. The highest BCUT2D eigenvalue weighted by Gasteiger charge is 2.44. The molecular weight excluding hydrogens is 388 g/mol. The number of alkyl halides is 2. The number of imide groups is 1.